The summed E-state index contributed by atoms with van der Waals surface area (Å²) in [5.74, 6) is 0.687. The number of nitrogens with one attached hydrogen (secondary N) is 1. The molecule has 0 bridgehead atoms. The standard InChI is InChI=1S/C17H15BrN2O3S/c1-11-3-4-13(18)9-17(11)24(21,22)20-14-7-12-8-15(23-2)5-6-16(12)19-10-14/h3-10,20H,1-2H3. The molecule has 2 aromatic carbocycles. The number of rotatable bonds is 4. The van der Waals surface area contributed by atoms with Gasteiger partial charge in [0.1, 0.15) is 5.75 Å². The quantitative estimate of drug-likeness (QED) is 0.707. The number of aryl methyl sites for hydroxylation is 1. The second-order valence-corrected chi connectivity index (χ2v) is 7.86. The lowest BCUT2D eigenvalue weighted by molar-refractivity contribution is 0.415. The highest BCUT2D eigenvalue weighted by Gasteiger charge is 2.17. The topological polar surface area (TPSA) is 68.3 Å². The van der Waals surface area contributed by atoms with E-state index in [0.717, 1.165) is 10.9 Å². The number of pyridine rings is 1. The second-order valence-electron chi connectivity index (χ2n) is 5.30. The molecule has 0 aliphatic rings. The van der Waals surface area contributed by atoms with E-state index in [2.05, 4.69) is 25.6 Å². The first kappa shape index (κ1) is 16.7. The van der Waals surface area contributed by atoms with E-state index in [9.17, 15) is 8.42 Å². The molecule has 7 heteroatoms. The molecule has 0 fully saturated rings. The minimum Gasteiger partial charge on any atom is -0.497 e. The van der Waals surface area contributed by atoms with Gasteiger partial charge in [-0.05, 0) is 48.9 Å². The maximum Gasteiger partial charge on any atom is 0.262 e. The summed E-state index contributed by atoms with van der Waals surface area (Å²) in [6.45, 7) is 1.75. The average molecular weight is 407 g/mol. The third kappa shape index (κ3) is 3.37. The summed E-state index contributed by atoms with van der Waals surface area (Å²) in [7, 11) is -2.12. The number of hydrogen-bond donors (Lipinski definition) is 1. The van der Waals surface area contributed by atoms with Crippen LogP contribution in [0.15, 0.2) is 58.0 Å². The first-order valence-electron chi connectivity index (χ1n) is 7.12. The summed E-state index contributed by atoms with van der Waals surface area (Å²) in [6.07, 6.45) is 1.50. The minimum absolute atomic E-state index is 0.225. The second kappa shape index (κ2) is 6.41. The Hall–Kier alpha value is -2.12. The van der Waals surface area contributed by atoms with Gasteiger partial charge in [0.2, 0.25) is 0 Å². The Morgan fingerprint density at radius 1 is 1.12 bits per heavy atom. The number of aromatic nitrogens is 1. The molecule has 0 saturated carbocycles. The number of ether oxygens (including phenoxy) is 1. The third-order valence-electron chi connectivity index (χ3n) is 3.58. The normalized spacial score (nSPS) is 11.5. The fourth-order valence-electron chi connectivity index (χ4n) is 2.37. The molecule has 24 heavy (non-hydrogen) atoms. The maximum absolute atomic E-state index is 12.6. The zero-order valence-corrected chi connectivity index (χ0v) is 15.5. The number of anilines is 1. The molecule has 0 radical (unpaired) electrons. The Morgan fingerprint density at radius 2 is 1.92 bits per heavy atom. The Kier molecular flexibility index (Phi) is 4.47. The lowest BCUT2D eigenvalue weighted by atomic mass is 10.2. The van der Waals surface area contributed by atoms with E-state index in [-0.39, 0.29) is 4.90 Å². The number of nitrogens with zero attached hydrogens (tertiary/aromatic N) is 1. The predicted octanol–water partition coefficient (Wildman–Crippen LogP) is 4.12. The van der Waals surface area contributed by atoms with Crippen molar-refractivity contribution in [1.29, 1.82) is 0 Å². The summed E-state index contributed by atoms with van der Waals surface area (Å²) in [5.41, 5.74) is 1.83. The van der Waals surface area contributed by atoms with Crippen molar-refractivity contribution in [3.05, 3.63) is 58.7 Å². The first-order valence-corrected chi connectivity index (χ1v) is 9.39. The molecule has 0 amide bonds. The van der Waals surface area contributed by atoms with Crippen molar-refractivity contribution in [2.24, 2.45) is 0 Å². The Morgan fingerprint density at radius 3 is 2.67 bits per heavy atom. The predicted molar refractivity (Wildman–Crippen MR) is 98.0 cm³/mol. The highest BCUT2D eigenvalue weighted by molar-refractivity contribution is 9.10. The van der Waals surface area contributed by atoms with Gasteiger partial charge in [0.05, 0.1) is 29.4 Å². The Labute approximate surface area is 148 Å². The molecule has 0 atom stereocenters. The summed E-state index contributed by atoms with van der Waals surface area (Å²) in [6, 6.07) is 12.3. The van der Waals surface area contributed by atoms with Crippen molar-refractivity contribution in [2.75, 3.05) is 11.8 Å². The van der Waals surface area contributed by atoms with E-state index in [1.807, 2.05) is 18.2 Å². The van der Waals surface area contributed by atoms with Crippen LogP contribution in [-0.2, 0) is 10.0 Å². The van der Waals surface area contributed by atoms with E-state index < -0.39 is 10.0 Å². The number of benzene rings is 2. The first-order chi connectivity index (χ1) is 11.4. The number of sulfonamides is 1. The van der Waals surface area contributed by atoms with Gasteiger partial charge in [0.25, 0.3) is 10.0 Å². The van der Waals surface area contributed by atoms with Crippen molar-refractivity contribution < 1.29 is 13.2 Å². The van der Waals surface area contributed by atoms with Gasteiger partial charge in [-0.15, -0.1) is 0 Å². The summed E-state index contributed by atoms with van der Waals surface area (Å²) in [5, 5.41) is 0.792. The molecular formula is C17H15BrN2O3S. The van der Waals surface area contributed by atoms with Gasteiger partial charge in [0.15, 0.2) is 0 Å². The smallest absolute Gasteiger partial charge is 0.262 e. The molecule has 0 unspecified atom stereocenters. The lowest BCUT2D eigenvalue weighted by Crippen LogP contribution is -2.14. The van der Waals surface area contributed by atoms with Gasteiger partial charge in [-0.25, -0.2) is 8.42 Å². The van der Waals surface area contributed by atoms with Crippen LogP contribution in [0.3, 0.4) is 0 Å². The van der Waals surface area contributed by atoms with Gasteiger partial charge >= 0.3 is 0 Å². The molecule has 5 nitrogen and oxygen atoms in total. The molecule has 1 N–H and O–H groups in total. The van der Waals surface area contributed by atoms with Gasteiger partial charge in [0, 0.05) is 9.86 Å². The van der Waals surface area contributed by atoms with E-state index in [0.29, 0.717) is 21.5 Å². The molecule has 1 aromatic heterocycles. The molecule has 3 aromatic rings. The molecule has 0 spiro atoms. The van der Waals surface area contributed by atoms with E-state index in [1.54, 1.807) is 38.3 Å². The minimum atomic E-state index is -3.70. The van der Waals surface area contributed by atoms with E-state index >= 15 is 0 Å². The molecule has 0 aliphatic heterocycles. The summed E-state index contributed by atoms with van der Waals surface area (Å²) >= 11 is 3.30. The van der Waals surface area contributed by atoms with Crippen molar-refractivity contribution in [2.45, 2.75) is 11.8 Å². The van der Waals surface area contributed by atoms with Crippen LogP contribution in [0.1, 0.15) is 5.56 Å². The van der Waals surface area contributed by atoms with Gasteiger partial charge in [-0.1, -0.05) is 22.0 Å². The van der Waals surface area contributed by atoms with Crippen LogP contribution < -0.4 is 9.46 Å². The number of hydrogen-bond acceptors (Lipinski definition) is 4. The highest BCUT2D eigenvalue weighted by Crippen LogP contribution is 2.25. The largest absolute Gasteiger partial charge is 0.497 e. The number of fused-ring (bicyclic) bond motifs is 1. The maximum atomic E-state index is 12.6. The fourth-order valence-corrected chi connectivity index (χ4v) is 4.18. The summed E-state index contributed by atoms with van der Waals surface area (Å²) < 4.78 is 33.8. The van der Waals surface area contributed by atoms with Gasteiger partial charge < -0.3 is 4.74 Å². The number of halogens is 1. The van der Waals surface area contributed by atoms with Crippen LogP contribution in [0.2, 0.25) is 0 Å². The molecule has 1 heterocycles. The molecule has 124 valence electrons. The van der Waals surface area contributed by atoms with E-state index in [1.165, 1.54) is 6.20 Å². The Bertz CT molecular complexity index is 1020. The lowest BCUT2D eigenvalue weighted by Gasteiger charge is -2.11. The zero-order chi connectivity index (χ0) is 17.3. The molecule has 0 saturated heterocycles. The van der Waals surface area contributed by atoms with Crippen LogP contribution in [-0.4, -0.2) is 20.5 Å². The summed E-state index contributed by atoms with van der Waals surface area (Å²) in [4.78, 5) is 4.51. The van der Waals surface area contributed by atoms with Crippen molar-refractivity contribution in [1.82, 2.24) is 4.98 Å². The van der Waals surface area contributed by atoms with Crippen LogP contribution in [0.4, 0.5) is 5.69 Å². The average Bonchev–Trinajstić information content (AvgIpc) is 2.56. The van der Waals surface area contributed by atoms with Crippen LogP contribution in [0.25, 0.3) is 10.9 Å². The van der Waals surface area contributed by atoms with Crippen LogP contribution in [0.5, 0.6) is 5.75 Å². The van der Waals surface area contributed by atoms with Crippen molar-refractivity contribution in [3.63, 3.8) is 0 Å². The van der Waals surface area contributed by atoms with Crippen molar-refractivity contribution >= 4 is 42.5 Å². The monoisotopic (exact) mass is 406 g/mol. The molecule has 0 aliphatic carbocycles. The van der Waals surface area contributed by atoms with Crippen LogP contribution >= 0.6 is 15.9 Å². The molecule has 3 rings (SSSR count). The van der Waals surface area contributed by atoms with Gasteiger partial charge in [-0.2, -0.15) is 0 Å². The van der Waals surface area contributed by atoms with E-state index in [4.69, 9.17) is 4.74 Å². The highest BCUT2D eigenvalue weighted by atomic mass is 79.9. The fraction of sp³-hybridized carbons (Fsp3) is 0.118. The number of methoxy groups -OCH3 is 1. The van der Waals surface area contributed by atoms with Crippen molar-refractivity contribution in [3.8, 4) is 5.75 Å². The van der Waals surface area contributed by atoms with Crippen LogP contribution in [0, 0.1) is 6.92 Å². The third-order valence-corrected chi connectivity index (χ3v) is 5.60. The SMILES string of the molecule is COc1ccc2ncc(NS(=O)(=O)c3cc(Br)ccc3C)cc2c1. The van der Waals surface area contributed by atoms with Gasteiger partial charge in [-0.3, -0.25) is 9.71 Å². The molecular weight excluding hydrogens is 392 g/mol. The Balaban J connectivity index is 2.00. The zero-order valence-electron chi connectivity index (χ0n) is 13.1.